The molecule has 0 bridgehead atoms. The first-order valence-electron chi connectivity index (χ1n) is 6.73. The summed E-state index contributed by atoms with van der Waals surface area (Å²) in [4.78, 5) is 0. The first-order chi connectivity index (χ1) is 8.20. The van der Waals surface area contributed by atoms with Crippen LogP contribution in [0.4, 0.5) is 0 Å². The van der Waals surface area contributed by atoms with Gasteiger partial charge in [-0.05, 0) is 44.2 Å². The average Bonchev–Trinajstić information content (AvgIpc) is 2.79. The van der Waals surface area contributed by atoms with Gasteiger partial charge in [-0.25, -0.2) is 0 Å². The summed E-state index contributed by atoms with van der Waals surface area (Å²) in [6.45, 7) is 3.29. The summed E-state index contributed by atoms with van der Waals surface area (Å²) in [5.41, 5.74) is 0.310. The Labute approximate surface area is 102 Å². The standard InChI is InChI=1S/C14H21NO2/c1-10-4-7-15-13(9-10)14(16)6-2-3-12-11(14)5-8-17-12/h5,8,10,13,15-16H,2-4,6-7,9H2,1H3. The third-order valence-electron chi connectivity index (χ3n) is 4.42. The summed E-state index contributed by atoms with van der Waals surface area (Å²) in [5, 5.41) is 14.5. The van der Waals surface area contributed by atoms with E-state index in [0.29, 0.717) is 5.92 Å². The van der Waals surface area contributed by atoms with E-state index in [4.69, 9.17) is 4.42 Å². The molecule has 1 aromatic heterocycles. The molecule has 2 heterocycles. The van der Waals surface area contributed by atoms with Crippen LogP contribution in [-0.2, 0) is 12.0 Å². The van der Waals surface area contributed by atoms with Gasteiger partial charge in [0.05, 0.1) is 6.26 Å². The molecule has 2 N–H and O–H groups in total. The number of piperidine rings is 1. The number of aliphatic hydroxyl groups is 1. The molecule has 1 saturated heterocycles. The van der Waals surface area contributed by atoms with E-state index < -0.39 is 5.60 Å². The zero-order valence-corrected chi connectivity index (χ0v) is 10.4. The van der Waals surface area contributed by atoms with Gasteiger partial charge in [-0.2, -0.15) is 0 Å². The van der Waals surface area contributed by atoms with Crippen LogP contribution in [0.25, 0.3) is 0 Å². The van der Waals surface area contributed by atoms with Gasteiger partial charge in [-0.1, -0.05) is 6.92 Å². The highest BCUT2D eigenvalue weighted by Gasteiger charge is 2.44. The topological polar surface area (TPSA) is 45.4 Å². The van der Waals surface area contributed by atoms with E-state index in [9.17, 15) is 5.11 Å². The molecule has 0 amide bonds. The van der Waals surface area contributed by atoms with Crippen molar-refractivity contribution in [2.75, 3.05) is 6.54 Å². The Hall–Kier alpha value is -0.800. The third-order valence-corrected chi connectivity index (χ3v) is 4.42. The van der Waals surface area contributed by atoms with Crippen molar-refractivity contribution in [1.82, 2.24) is 5.32 Å². The summed E-state index contributed by atoms with van der Waals surface area (Å²) >= 11 is 0. The van der Waals surface area contributed by atoms with Crippen LogP contribution in [0.15, 0.2) is 16.7 Å². The Morgan fingerprint density at radius 3 is 3.24 bits per heavy atom. The van der Waals surface area contributed by atoms with E-state index in [-0.39, 0.29) is 6.04 Å². The molecule has 17 heavy (non-hydrogen) atoms. The van der Waals surface area contributed by atoms with Crippen molar-refractivity contribution in [3.8, 4) is 0 Å². The second-order valence-electron chi connectivity index (χ2n) is 5.67. The minimum absolute atomic E-state index is 0.183. The molecular formula is C14H21NO2. The number of fused-ring (bicyclic) bond motifs is 1. The Morgan fingerprint density at radius 2 is 2.41 bits per heavy atom. The summed E-state index contributed by atoms with van der Waals surface area (Å²) in [5.74, 6) is 1.68. The molecule has 1 aliphatic carbocycles. The Kier molecular flexibility index (Phi) is 2.75. The van der Waals surface area contributed by atoms with Crippen molar-refractivity contribution in [2.24, 2.45) is 5.92 Å². The van der Waals surface area contributed by atoms with E-state index in [1.807, 2.05) is 6.07 Å². The molecular weight excluding hydrogens is 214 g/mol. The monoisotopic (exact) mass is 235 g/mol. The molecule has 3 nitrogen and oxygen atoms in total. The number of hydrogen-bond acceptors (Lipinski definition) is 3. The molecule has 1 aliphatic heterocycles. The van der Waals surface area contributed by atoms with E-state index in [1.54, 1.807) is 6.26 Å². The lowest BCUT2D eigenvalue weighted by atomic mass is 9.73. The first kappa shape index (κ1) is 11.3. The van der Waals surface area contributed by atoms with E-state index >= 15 is 0 Å². The van der Waals surface area contributed by atoms with Gasteiger partial charge >= 0.3 is 0 Å². The van der Waals surface area contributed by atoms with Gasteiger partial charge < -0.3 is 14.8 Å². The number of aryl methyl sites for hydroxylation is 1. The molecule has 3 heteroatoms. The van der Waals surface area contributed by atoms with Crippen molar-refractivity contribution in [3.05, 3.63) is 23.7 Å². The number of nitrogens with one attached hydrogen (secondary N) is 1. The fraction of sp³-hybridized carbons (Fsp3) is 0.714. The van der Waals surface area contributed by atoms with Crippen LogP contribution in [0, 0.1) is 5.92 Å². The molecule has 3 atom stereocenters. The molecule has 1 aromatic rings. The van der Waals surface area contributed by atoms with E-state index in [0.717, 1.165) is 43.6 Å². The number of furan rings is 1. The van der Waals surface area contributed by atoms with Gasteiger partial charge in [0.1, 0.15) is 11.4 Å². The highest BCUT2D eigenvalue weighted by atomic mass is 16.3. The second kappa shape index (κ2) is 4.14. The Bertz CT molecular complexity index is 401. The molecule has 0 aromatic carbocycles. The quantitative estimate of drug-likeness (QED) is 0.784. The van der Waals surface area contributed by atoms with Crippen LogP contribution in [0.1, 0.15) is 43.9 Å². The molecule has 2 aliphatic rings. The lowest BCUT2D eigenvalue weighted by Crippen LogP contribution is -2.53. The van der Waals surface area contributed by atoms with Gasteiger partial charge in [0.15, 0.2) is 0 Å². The lowest BCUT2D eigenvalue weighted by molar-refractivity contribution is -0.0345. The molecule has 0 saturated carbocycles. The summed E-state index contributed by atoms with van der Waals surface area (Å²) in [7, 11) is 0. The van der Waals surface area contributed by atoms with Crippen LogP contribution in [-0.4, -0.2) is 17.7 Å². The highest BCUT2D eigenvalue weighted by Crippen LogP contribution is 2.41. The van der Waals surface area contributed by atoms with E-state index in [1.165, 1.54) is 6.42 Å². The van der Waals surface area contributed by atoms with Crippen LogP contribution < -0.4 is 5.32 Å². The first-order valence-corrected chi connectivity index (χ1v) is 6.73. The largest absolute Gasteiger partial charge is 0.469 e. The molecule has 0 radical (unpaired) electrons. The van der Waals surface area contributed by atoms with Crippen LogP contribution in [0.2, 0.25) is 0 Å². The Balaban J connectivity index is 1.91. The van der Waals surface area contributed by atoms with Crippen molar-refractivity contribution < 1.29 is 9.52 Å². The normalized spacial score (nSPS) is 37.8. The Morgan fingerprint density at radius 1 is 1.53 bits per heavy atom. The molecule has 3 rings (SSSR count). The maximum atomic E-state index is 11.0. The van der Waals surface area contributed by atoms with Gasteiger partial charge in [0.25, 0.3) is 0 Å². The zero-order valence-electron chi connectivity index (χ0n) is 10.4. The maximum absolute atomic E-state index is 11.0. The highest BCUT2D eigenvalue weighted by molar-refractivity contribution is 5.30. The molecule has 1 fully saturated rings. The zero-order chi connectivity index (χ0) is 11.9. The predicted molar refractivity (Wildman–Crippen MR) is 65.7 cm³/mol. The SMILES string of the molecule is CC1CCNC(C2(O)CCCc3occc32)C1. The fourth-order valence-corrected chi connectivity index (χ4v) is 3.41. The van der Waals surface area contributed by atoms with Gasteiger partial charge in [-0.3, -0.25) is 0 Å². The predicted octanol–water partition coefficient (Wildman–Crippen LogP) is 2.19. The van der Waals surface area contributed by atoms with Gasteiger partial charge in [0.2, 0.25) is 0 Å². The number of hydrogen-bond donors (Lipinski definition) is 2. The van der Waals surface area contributed by atoms with Gasteiger partial charge in [0, 0.05) is 18.0 Å². The average molecular weight is 235 g/mol. The minimum atomic E-state index is -0.713. The maximum Gasteiger partial charge on any atom is 0.109 e. The molecule has 0 spiro atoms. The van der Waals surface area contributed by atoms with Gasteiger partial charge in [-0.15, -0.1) is 0 Å². The molecule has 94 valence electrons. The summed E-state index contributed by atoms with van der Waals surface area (Å²) < 4.78 is 5.48. The summed E-state index contributed by atoms with van der Waals surface area (Å²) in [6, 6.07) is 2.14. The van der Waals surface area contributed by atoms with Crippen molar-refractivity contribution in [1.29, 1.82) is 0 Å². The smallest absolute Gasteiger partial charge is 0.109 e. The fourth-order valence-electron chi connectivity index (χ4n) is 3.41. The van der Waals surface area contributed by atoms with Crippen molar-refractivity contribution >= 4 is 0 Å². The van der Waals surface area contributed by atoms with E-state index in [2.05, 4.69) is 12.2 Å². The van der Waals surface area contributed by atoms with Crippen LogP contribution in [0.3, 0.4) is 0 Å². The molecule has 3 unspecified atom stereocenters. The van der Waals surface area contributed by atoms with Crippen LogP contribution in [0.5, 0.6) is 0 Å². The summed E-state index contributed by atoms with van der Waals surface area (Å²) in [6.07, 6.45) is 6.82. The number of rotatable bonds is 1. The third kappa shape index (κ3) is 1.81. The van der Waals surface area contributed by atoms with Crippen molar-refractivity contribution in [3.63, 3.8) is 0 Å². The van der Waals surface area contributed by atoms with Crippen molar-refractivity contribution in [2.45, 2.75) is 50.7 Å². The lowest BCUT2D eigenvalue weighted by Gasteiger charge is -2.42. The second-order valence-corrected chi connectivity index (χ2v) is 5.67. The minimum Gasteiger partial charge on any atom is -0.469 e. The van der Waals surface area contributed by atoms with Crippen LogP contribution >= 0.6 is 0 Å².